The van der Waals surface area contributed by atoms with Crippen molar-refractivity contribution < 1.29 is 24.5 Å². The van der Waals surface area contributed by atoms with Crippen molar-refractivity contribution in [2.45, 2.75) is 38.4 Å². The summed E-state index contributed by atoms with van der Waals surface area (Å²) in [6.07, 6.45) is 4.64. The lowest BCUT2D eigenvalue weighted by Crippen LogP contribution is -2.43. The number of nitrogens with one attached hydrogen (secondary N) is 2. The zero-order valence-electron chi connectivity index (χ0n) is 15.0. The van der Waals surface area contributed by atoms with Gasteiger partial charge in [-0.25, -0.2) is 14.5 Å². The number of fused-ring (bicyclic) bond motifs is 1. The summed E-state index contributed by atoms with van der Waals surface area (Å²) in [6, 6.07) is -1.27. The monoisotopic (exact) mass is 377 g/mol. The molecule has 1 amide bonds. The molecular weight excluding hydrogens is 354 g/mol. The Morgan fingerprint density at radius 1 is 1.37 bits per heavy atom. The smallest absolute Gasteiger partial charge is 0.328 e. The van der Waals surface area contributed by atoms with E-state index >= 15 is 0 Å². The van der Waals surface area contributed by atoms with Crippen LogP contribution in [0.4, 0.5) is 5.69 Å². The number of aliphatic hydroxyl groups is 1. The summed E-state index contributed by atoms with van der Waals surface area (Å²) in [7, 11) is 0. The van der Waals surface area contributed by atoms with Crippen LogP contribution in [0.1, 0.15) is 30.1 Å². The van der Waals surface area contributed by atoms with E-state index < -0.39 is 24.5 Å². The van der Waals surface area contributed by atoms with Gasteiger partial charge in [0.05, 0.1) is 29.4 Å². The minimum atomic E-state index is -1.39. The summed E-state index contributed by atoms with van der Waals surface area (Å²) in [4.78, 5) is 28.1. The van der Waals surface area contributed by atoms with Crippen molar-refractivity contribution in [3.05, 3.63) is 18.0 Å². The Morgan fingerprint density at radius 2 is 2.11 bits per heavy atom. The average Bonchev–Trinajstić information content (AvgIpc) is 3.10. The van der Waals surface area contributed by atoms with Crippen LogP contribution in [0.25, 0.3) is 11.0 Å². The SMILES string of the molecule is CCn1ncc2c(NC3CCOCC3)c(C(=O)N[C@@H](CO)C(=O)O)cnc21. The molecule has 3 rings (SSSR count). The number of aliphatic carboxylic acids is 1. The van der Waals surface area contributed by atoms with Gasteiger partial charge < -0.3 is 25.6 Å². The molecule has 4 N–H and O–H groups in total. The van der Waals surface area contributed by atoms with Crippen molar-refractivity contribution in [1.82, 2.24) is 20.1 Å². The molecule has 2 aromatic rings. The van der Waals surface area contributed by atoms with Crippen LogP contribution in [0.2, 0.25) is 0 Å². The van der Waals surface area contributed by atoms with Crippen LogP contribution in [-0.4, -0.2) is 68.8 Å². The van der Waals surface area contributed by atoms with Gasteiger partial charge >= 0.3 is 5.97 Å². The fourth-order valence-electron chi connectivity index (χ4n) is 3.05. The van der Waals surface area contributed by atoms with Gasteiger partial charge in [0, 0.05) is 32.0 Å². The lowest BCUT2D eigenvalue weighted by molar-refractivity contribution is -0.140. The molecule has 146 valence electrons. The molecule has 1 fully saturated rings. The van der Waals surface area contributed by atoms with Crippen LogP contribution in [0.15, 0.2) is 12.4 Å². The van der Waals surface area contributed by atoms with E-state index in [1.807, 2.05) is 6.92 Å². The van der Waals surface area contributed by atoms with Crippen molar-refractivity contribution >= 4 is 28.6 Å². The highest BCUT2D eigenvalue weighted by atomic mass is 16.5. The van der Waals surface area contributed by atoms with Crippen LogP contribution >= 0.6 is 0 Å². The standard InChI is InChI=1S/C17H23N5O5/c1-2-22-15-11(8-19-22)14(20-10-3-5-27-6-4-10)12(7-18-15)16(24)21-13(9-23)17(25)26/h7-8,10,13,23H,2-6,9H2,1H3,(H,18,20)(H,21,24)(H,25,26)/t13-/m0/s1. The molecule has 1 atom stereocenters. The molecule has 10 heteroatoms. The third kappa shape index (κ3) is 4.01. The highest BCUT2D eigenvalue weighted by Crippen LogP contribution is 2.28. The Labute approximate surface area is 155 Å². The van der Waals surface area contributed by atoms with E-state index in [4.69, 9.17) is 9.84 Å². The Balaban J connectivity index is 1.98. The Kier molecular flexibility index (Phi) is 5.87. The van der Waals surface area contributed by atoms with E-state index in [0.29, 0.717) is 36.5 Å². The Bertz CT molecular complexity index is 830. The highest BCUT2D eigenvalue weighted by Gasteiger charge is 2.25. The number of carboxylic acid groups (broad SMARTS) is 1. The van der Waals surface area contributed by atoms with Crippen molar-refractivity contribution in [3.8, 4) is 0 Å². The summed E-state index contributed by atoms with van der Waals surface area (Å²) in [5.41, 5.74) is 1.41. The number of aryl methyl sites for hydroxylation is 1. The molecule has 1 aliphatic rings. The van der Waals surface area contributed by atoms with Gasteiger partial charge in [0.15, 0.2) is 11.7 Å². The van der Waals surface area contributed by atoms with E-state index in [0.717, 1.165) is 12.8 Å². The molecule has 0 radical (unpaired) electrons. The quantitative estimate of drug-likeness (QED) is 0.537. The summed E-state index contributed by atoms with van der Waals surface area (Å²) < 4.78 is 7.10. The number of hydrogen-bond acceptors (Lipinski definition) is 7. The lowest BCUT2D eigenvalue weighted by Gasteiger charge is -2.25. The van der Waals surface area contributed by atoms with Gasteiger partial charge in [0.25, 0.3) is 5.91 Å². The first-order valence-electron chi connectivity index (χ1n) is 8.88. The second-order valence-corrected chi connectivity index (χ2v) is 6.32. The van der Waals surface area contributed by atoms with Crippen molar-refractivity contribution in [3.63, 3.8) is 0 Å². The first-order chi connectivity index (χ1) is 13.0. The van der Waals surface area contributed by atoms with Crippen molar-refractivity contribution in [1.29, 1.82) is 0 Å². The molecule has 27 heavy (non-hydrogen) atoms. The summed E-state index contributed by atoms with van der Waals surface area (Å²) in [5, 5.41) is 28.9. The molecule has 0 aliphatic carbocycles. The van der Waals surface area contributed by atoms with Crippen LogP contribution in [0, 0.1) is 0 Å². The molecule has 10 nitrogen and oxygen atoms in total. The maximum Gasteiger partial charge on any atom is 0.328 e. The molecule has 0 aromatic carbocycles. The number of ether oxygens (including phenoxy) is 1. The third-order valence-corrected chi connectivity index (χ3v) is 4.57. The fourth-order valence-corrected chi connectivity index (χ4v) is 3.05. The number of pyridine rings is 1. The average molecular weight is 377 g/mol. The molecule has 0 saturated carbocycles. The minimum Gasteiger partial charge on any atom is -0.480 e. The molecule has 0 spiro atoms. The number of aromatic nitrogens is 3. The number of hydrogen-bond donors (Lipinski definition) is 4. The number of aliphatic hydroxyl groups excluding tert-OH is 1. The molecule has 2 aromatic heterocycles. The number of carboxylic acids is 1. The van der Waals surface area contributed by atoms with Crippen molar-refractivity contribution in [2.75, 3.05) is 25.1 Å². The lowest BCUT2D eigenvalue weighted by atomic mass is 10.1. The normalized spacial score (nSPS) is 16.2. The first-order valence-corrected chi connectivity index (χ1v) is 8.88. The zero-order chi connectivity index (χ0) is 19.4. The number of rotatable bonds is 7. The van der Waals surface area contributed by atoms with Crippen LogP contribution in [0.3, 0.4) is 0 Å². The van der Waals surface area contributed by atoms with Crippen LogP contribution in [0.5, 0.6) is 0 Å². The van der Waals surface area contributed by atoms with E-state index in [9.17, 15) is 14.7 Å². The van der Waals surface area contributed by atoms with E-state index in [-0.39, 0.29) is 11.6 Å². The largest absolute Gasteiger partial charge is 0.480 e. The molecule has 1 saturated heterocycles. The summed E-state index contributed by atoms with van der Waals surface area (Å²) in [6.45, 7) is 3.14. The van der Waals surface area contributed by atoms with E-state index in [2.05, 4.69) is 20.7 Å². The highest BCUT2D eigenvalue weighted by molar-refractivity contribution is 6.07. The molecule has 1 aliphatic heterocycles. The Morgan fingerprint density at radius 3 is 2.74 bits per heavy atom. The topological polar surface area (TPSA) is 139 Å². The van der Waals surface area contributed by atoms with Gasteiger partial charge in [-0.3, -0.25) is 4.79 Å². The van der Waals surface area contributed by atoms with Crippen LogP contribution in [-0.2, 0) is 16.1 Å². The number of anilines is 1. The van der Waals surface area contributed by atoms with Gasteiger partial charge in [-0.1, -0.05) is 0 Å². The summed E-state index contributed by atoms with van der Waals surface area (Å²) in [5.74, 6) is -1.93. The summed E-state index contributed by atoms with van der Waals surface area (Å²) >= 11 is 0. The molecule has 3 heterocycles. The minimum absolute atomic E-state index is 0.119. The molecular formula is C17H23N5O5. The zero-order valence-corrected chi connectivity index (χ0v) is 15.0. The fraction of sp³-hybridized carbons (Fsp3) is 0.529. The van der Waals surface area contributed by atoms with Gasteiger partial charge in [-0.15, -0.1) is 0 Å². The van der Waals surface area contributed by atoms with Crippen LogP contribution < -0.4 is 10.6 Å². The number of nitrogens with zero attached hydrogens (tertiary/aromatic N) is 3. The second kappa shape index (κ2) is 8.31. The second-order valence-electron chi connectivity index (χ2n) is 6.32. The Hall–Kier alpha value is -2.72. The van der Waals surface area contributed by atoms with Gasteiger partial charge in [-0.05, 0) is 19.8 Å². The predicted octanol–water partition coefficient (Wildman–Crippen LogP) is 0.217. The van der Waals surface area contributed by atoms with E-state index in [1.165, 1.54) is 6.20 Å². The van der Waals surface area contributed by atoms with Gasteiger partial charge in [-0.2, -0.15) is 5.10 Å². The number of carbonyl (C=O) groups is 2. The first kappa shape index (κ1) is 19.1. The third-order valence-electron chi connectivity index (χ3n) is 4.57. The predicted molar refractivity (Wildman–Crippen MR) is 96.6 cm³/mol. The van der Waals surface area contributed by atoms with Gasteiger partial charge in [0.2, 0.25) is 0 Å². The molecule has 0 unspecified atom stereocenters. The van der Waals surface area contributed by atoms with Gasteiger partial charge in [0.1, 0.15) is 0 Å². The maximum atomic E-state index is 12.7. The van der Waals surface area contributed by atoms with Crippen molar-refractivity contribution in [2.24, 2.45) is 0 Å². The number of amides is 1. The molecule has 0 bridgehead atoms. The number of carbonyl (C=O) groups excluding carboxylic acids is 1. The van der Waals surface area contributed by atoms with E-state index in [1.54, 1.807) is 10.9 Å². The maximum absolute atomic E-state index is 12.7.